The summed E-state index contributed by atoms with van der Waals surface area (Å²) >= 11 is 3.38. The number of hydrogen-bond acceptors (Lipinski definition) is 2. The number of aromatic nitrogens is 1. The van der Waals surface area contributed by atoms with E-state index in [-0.39, 0.29) is 11.5 Å². The van der Waals surface area contributed by atoms with Crippen molar-refractivity contribution in [2.24, 2.45) is 7.05 Å². The average Bonchev–Trinajstić information content (AvgIpc) is 2.37. The molecule has 0 unspecified atom stereocenters. The minimum Gasteiger partial charge on any atom is -0.342 e. The van der Waals surface area contributed by atoms with Gasteiger partial charge in [0.2, 0.25) is 0 Å². The van der Waals surface area contributed by atoms with Crippen molar-refractivity contribution in [2.75, 3.05) is 18.9 Å². The first kappa shape index (κ1) is 15.0. The summed E-state index contributed by atoms with van der Waals surface area (Å²) in [6.07, 6.45) is 4.82. The summed E-state index contributed by atoms with van der Waals surface area (Å²) in [7, 11) is 3.44. The molecular weight excluding hydrogens is 296 g/mol. The van der Waals surface area contributed by atoms with Gasteiger partial charge in [-0.1, -0.05) is 22.4 Å². The van der Waals surface area contributed by atoms with Gasteiger partial charge in [0.25, 0.3) is 11.5 Å². The van der Waals surface area contributed by atoms with Crippen molar-refractivity contribution in [3.63, 3.8) is 0 Å². The molecule has 0 aliphatic carbocycles. The molecule has 1 rings (SSSR count). The van der Waals surface area contributed by atoms with Crippen LogP contribution in [-0.2, 0) is 7.05 Å². The Bertz CT molecular complexity index is 457. The minimum absolute atomic E-state index is 0.0912. The molecule has 1 amide bonds. The number of carbonyl (C=O) groups excluding carboxylic acids is 1. The number of rotatable bonds is 6. The van der Waals surface area contributed by atoms with E-state index in [4.69, 9.17) is 0 Å². The van der Waals surface area contributed by atoms with Gasteiger partial charge in [-0.3, -0.25) is 9.59 Å². The molecule has 0 fully saturated rings. The number of halogens is 1. The highest BCUT2D eigenvalue weighted by molar-refractivity contribution is 9.09. The van der Waals surface area contributed by atoms with Crippen LogP contribution in [0.1, 0.15) is 29.6 Å². The van der Waals surface area contributed by atoms with Gasteiger partial charge in [-0.25, -0.2) is 0 Å². The van der Waals surface area contributed by atoms with Gasteiger partial charge in [0.1, 0.15) is 0 Å². The van der Waals surface area contributed by atoms with Crippen molar-refractivity contribution in [2.45, 2.75) is 19.3 Å². The molecule has 1 heterocycles. The van der Waals surface area contributed by atoms with E-state index in [2.05, 4.69) is 15.9 Å². The van der Waals surface area contributed by atoms with Crippen LogP contribution in [0.25, 0.3) is 0 Å². The Morgan fingerprint density at radius 3 is 2.72 bits per heavy atom. The summed E-state index contributed by atoms with van der Waals surface area (Å²) in [5.74, 6) is -0.0912. The Balaban J connectivity index is 2.57. The lowest BCUT2D eigenvalue weighted by atomic mass is 10.2. The highest BCUT2D eigenvalue weighted by atomic mass is 79.9. The van der Waals surface area contributed by atoms with Gasteiger partial charge >= 0.3 is 0 Å². The first-order chi connectivity index (χ1) is 8.56. The first-order valence-corrected chi connectivity index (χ1v) is 7.16. The molecule has 0 bridgehead atoms. The molecule has 5 heteroatoms. The molecular formula is C13H19BrN2O2. The Kier molecular flexibility index (Phi) is 6.12. The molecule has 0 aliphatic rings. The van der Waals surface area contributed by atoms with E-state index >= 15 is 0 Å². The maximum absolute atomic E-state index is 12.0. The summed E-state index contributed by atoms with van der Waals surface area (Å²) in [4.78, 5) is 25.2. The van der Waals surface area contributed by atoms with Crippen molar-refractivity contribution in [3.8, 4) is 0 Å². The van der Waals surface area contributed by atoms with Crippen LogP contribution in [0.5, 0.6) is 0 Å². The SMILES string of the molecule is CN(CCCCCBr)C(=O)c1ccn(C)c(=O)c1. The van der Waals surface area contributed by atoms with Crippen LogP contribution >= 0.6 is 15.9 Å². The van der Waals surface area contributed by atoms with Gasteiger partial charge in [0, 0.05) is 43.8 Å². The summed E-state index contributed by atoms with van der Waals surface area (Å²) in [6, 6.07) is 3.07. The van der Waals surface area contributed by atoms with Crippen LogP contribution in [0.4, 0.5) is 0 Å². The molecule has 0 spiro atoms. The van der Waals surface area contributed by atoms with Crippen LogP contribution < -0.4 is 5.56 Å². The monoisotopic (exact) mass is 314 g/mol. The van der Waals surface area contributed by atoms with Crippen LogP contribution in [0, 0.1) is 0 Å². The quantitative estimate of drug-likeness (QED) is 0.595. The fourth-order valence-electron chi connectivity index (χ4n) is 1.62. The predicted octanol–water partition coefficient (Wildman–Crippen LogP) is 2.02. The summed E-state index contributed by atoms with van der Waals surface area (Å²) < 4.78 is 1.45. The number of nitrogens with zero attached hydrogens (tertiary/aromatic N) is 2. The first-order valence-electron chi connectivity index (χ1n) is 6.04. The van der Waals surface area contributed by atoms with Crippen molar-refractivity contribution < 1.29 is 4.79 Å². The second kappa shape index (κ2) is 7.36. The number of hydrogen-bond donors (Lipinski definition) is 0. The topological polar surface area (TPSA) is 42.3 Å². The Hall–Kier alpha value is -1.10. The Labute approximate surface area is 116 Å². The standard InChI is InChI=1S/C13H19BrN2O2/c1-15-9-6-11(10-12(15)17)13(18)16(2)8-5-3-4-7-14/h6,9-10H,3-5,7-8H2,1-2H3. The molecule has 0 N–H and O–H groups in total. The molecule has 0 atom stereocenters. The zero-order chi connectivity index (χ0) is 13.5. The van der Waals surface area contributed by atoms with E-state index in [9.17, 15) is 9.59 Å². The molecule has 100 valence electrons. The van der Waals surface area contributed by atoms with E-state index in [1.165, 1.54) is 10.6 Å². The largest absolute Gasteiger partial charge is 0.342 e. The molecule has 0 saturated heterocycles. The number of carbonyl (C=O) groups is 1. The van der Waals surface area contributed by atoms with Crippen molar-refractivity contribution in [1.29, 1.82) is 0 Å². The number of aryl methyl sites for hydroxylation is 1. The van der Waals surface area contributed by atoms with Crippen molar-refractivity contribution in [3.05, 3.63) is 34.2 Å². The number of unbranched alkanes of at least 4 members (excludes halogenated alkanes) is 2. The third-order valence-electron chi connectivity index (χ3n) is 2.83. The average molecular weight is 315 g/mol. The highest BCUT2D eigenvalue weighted by Gasteiger charge is 2.11. The minimum atomic E-state index is -0.159. The van der Waals surface area contributed by atoms with Crippen LogP contribution in [0.15, 0.2) is 23.1 Å². The third-order valence-corrected chi connectivity index (χ3v) is 3.39. The normalized spacial score (nSPS) is 10.4. The van der Waals surface area contributed by atoms with Gasteiger partial charge in [-0.15, -0.1) is 0 Å². The zero-order valence-corrected chi connectivity index (χ0v) is 12.4. The molecule has 1 aromatic heterocycles. The Morgan fingerprint density at radius 1 is 1.39 bits per heavy atom. The third kappa shape index (κ3) is 4.29. The number of alkyl halides is 1. The molecule has 0 radical (unpaired) electrons. The summed E-state index contributed by atoms with van der Waals surface area (Å²) in [6.45, 7) is 0.723. The van der Waals surface area contributed by atoms with Crippen molar-refractivity contribution in [1.82, 2.24) is 9.47 Å². The summed E-state index contributed by atoms with van der Waals surface area (Å²) in [5.41, 5.74) is 0.301. The lowest BCUT2D eigenvalue weighted by molar-refractivity contribution is 0.0792. The van der Waals surface area contributed by atoms with Gasteiger partial charge < -0.3 is 9.47 Å². The van der Waals surface area contributed by atoms with Gasteiger partial charge in [0.15, 0.2) is 0 Å². The van der Waals surface area contributed by atoms with Crippen LogP contribution in [0.3, 0.4) is 0 Å². The smallest absolute Gasteiger partial charge is 0.253 e. The second-order valence-electron chi connectivity index (χ2n) is 4.34. The van der Waals surface area contributed by atoms with E-state index in [1.54, 1.807) is 31.3 Å². The second-order valence-corrected chi connectivity index (χ2v) is 5.13. The van der Waals surface area contributed by atoms with Gasteiger partial charge in [-0.05, 0) is 18.9 Å². The lowest BCUT2D eigenvalue weighted by Crippen LogP contribution is -2.29. The number of pyridine rings is 1. The summed E-state index contributed by atoms with van der Waals surface area (Å²) in [5, 5.41) is 0.999. The number of amides is 1. The van der Waals surface area contributed by atoms with Crippen LogP contribution in [0.2, 0.25) is 0 Å². The predicted molar refractivity (Wildman–Crippen MR) is 76.3 cm³/mol. The molecule has 0 saturated carbocycles. The van der Waals surface area contributed by atoms with E-state index in [0.29, 0.717) is 5.56 Å². The fourth-order valence-corrected chi connectivity index (χ4v) is 2.02. The molecule has 4 nitrogen and oxygen atoms in total. The lowest BCUT2D eigenvalue weighted by Gasteiger charge is -2.17. The fraction of sp³-hybridized carbons (Fsp3) is 0.538. The maximum atomic E-state index is 12.0. The molecule has 1 aromatic rings. The van der Waals surface area contributed by atoms with E-state index in [1.807, 2.05) is 0 Å². The van der Waals surface area contributed by atoms with E-state index in [0.717, 1.165) is 31.1 Å². The van der Waals surface area contributed by atoms with Gasteiger partial charge in [0.05, 0.1) is 0 Å². The van der Waals surface area contributed by atoms with Gasteiger partial charge in [-0.2, -0.15) is 0 Å². The van der Waals surface area contributed by atoms with E-state index < -0.39 is 0 Å². The van der Waals surface area contributed by atoms with Crippen molar-refractivity contribution >= 4 is 21.8 Å². The van der Waals surface area contributed by atoms with Crippen LogP contribution in [-0.4, -0.2) is 34.3 Å². The Morgan fingerprint density at radius 2 is 2.11 bits per heavy atom. The molecule has 18 heavy (non-hydrogen) atoms. The maximum Gasteiger partial charge on any atom is 0.253 e. The highest BCUT2D eigenvalue weighted by Crippen LogP contribution is 2.04. The molecule has 0 aromatic carbocycles. The molecule has 0 aliphatic heterocycles. The zero-order valence-electron chi connectivity index (χ0n) is 10.9.